The zero-order chi connectivity index (χ0) is 18.8. The van der Waals surface area contributed by atoms with Crippen LogP contribution in [0.5, 0.6) is 0 Å². The maximum absolute atomic E-state index is 12.2. The Morgan fingerprint density at radius 1 is 1.52 bits per heavy atom. The molecule has 7 nitrogen and oxygen atoms in total. The molecule has 0 aliphatic carbocycles. The molecular formula is C18H24N4O3. The summed E-state index contributed by atoms with van der Waals surface area (Å²) in [6.45, 7) is 9.20. The molecule has 1 aromatic heterocycles. The summed E-state index contributed by atoms with van der Waals surface area (Å²) in [6.07, 6.45) is 0.362. The van der Waals surface area contributed by atoms with Gasteiger partial charge in [0.15, 0.2) is 0 Å². The monoisotopic (exact) mass is 344 g/mol. The number of rotatable bonds is 4. The SMILES string of the molecule is COC(=O)c1cc(C#N)c(NC2CC(=O)N(CC(C)(C)C)C2)nc1C. The molecule has 0 radical (unpaired) electrons. The molecule has 1 saturated heterocycles. The van der Waals surface area contributed by atoms with Crippen molar-refractivity contribution >= 4 is 17.7 Å². The minimum atomic E-state index is -0.527. The highest BCUT2D eigenvalue weighted by molar-refractivity contribution is 5.91. The lowest BCUT2D eigenvalue weighted by atomic mass is 9.96. The van der Waals surface area contributed by atoms with E-state index in [1.165, 1.54) is 13.2 Å². The molecule has 1 aliphatic heterocycles. The van der Waals surface area contributed by atoms with Crippen molar-refractivity contribution in [2.45, 2.75) is 40.2 Å². The summed E-state index contributed by atoms with van der Waals surface area (Å²) in [5.74, 6) is -0.0441. The van der Waals surface area contributed by atoms with E-state index in [2.05, 4.69) is 31.1 Å². The van der Waals surface area contributed by atoms with Crippen LogP contribution in [0.4, 0.5) is 5.82 Å². The number of hydrogen-bond acceptors (Lipinski definition) is 6. The molecule has 2 rings (SSSR count). The van der Waals surface area contributed by atoms with E-state index in [0.717, 1.165) is 0 Å². The number of likely N-dealkylation sites (tertiary alicyclic amines) is 1. The molecule has 134 valence electrons. The standard InChI is InChI=1S/C18H24N4O3/c1-11-14(17(24)25-5)6-12(8-19)16(20-11)21-13-7-15(23)22(9-13)10-18(2,3)4/h6,13H,7,9-10H2,1-5H3,(H,20,21). The van der Waals surface area contributed by atoms with Crippen molar-refractivity contribution in [2.24, 2.45) is 5.41 Å². The Kier molecular flexibility index (Phi) is 5.31. The van der Waals surface area contributed by atoms with Crippen LogP contribution < -0.4 is 5.32 Å². The predicted octanol–water partition coefficient (Wildman–Crippen LogP) is 2.11. The largest absolute Gasteiger partial charge is 0.465 e. The van der Waals surface area contributed by atoms with Crippen molar-refractivity contribution in [1.29, 1.82) is 5.26 Å². The van der Waals surface area contributed by atoms with Crippen LogP contribution in [-0.2, 0) is 9.53 Å². The lowest BCUT2D eigenvalue weighted by molar-refractivity contribution is -0.128. The quantitative estimate of drug-likeness (QED) is 0.841. The maximum Gasteiger partial charge on any atom is 0.339 e. The van der Waals surface area contributed by atoms with E-state index in [4.69, 9.17) is 4.74 Å². The van der Waals surface area contributed by atoms with E-state index in [9.17, 15) is 14.9 Å². The van der Waals surface area contributed by atoms with Crippen LogP contribution in [0.25, 0.3) is 0 Å². The van der Waals surface area contributed by atoms with Gasteiger partial charge in [-0.25, -0.2) is 9.78 Å². The Morgan fingerprint density at radius 3 is 2.76 bits per heavy atom. The zero-order valence-corrected chi connectivity index (χ0v) is 15.3. The molecule has 0 spiro atoms. The topological polar surface area (TPSA) is 95.3 Å². The number of carbonyl (C=O) groups excluding carboxylic acids is 2. The van der Waals surface area contributed by atoms with Crippen molar-refractivity contribution in [2.75, 3.05) is 25.5 Å². The van der Waals surface area contributed by atoms with Crippen LogP contribution in [-0.4, -0.2) is 48.0 Å². The number of hydrogen-bond donors (Lipinski definition) is 1. The van der Waals surface area contributed by atoms with Gasteiger partial charge in [0.1, 0.15) is 11.9 Å². The van der Waals surface area contributed by atoms with E-state index in [0.29, 0.717) is 31.0 Å². The van der Waals surface area contributed by atoms with Crippen molar-refractivity contribution in [3.8, 4) is 6.07 Å². The van der Waals surface area contributed by atoms with Gasteiger partial charge in [0.2, 0.25) is 5.91 Å². The van der Waals surface area contributed by atoms with Gasteiger partial charge in [-0.15, -0.1) is 0 Å². The molecule has 25 heavy (non-hydrogen) atoms. The summed E-state index contributed by atoms with van der Waals surface area (Å²) in [7, 11) is 1.29. The van der Waals surface area contributed by atoms with Crippen LogP contribution in [0, 0.1) is 23.7 Å². The number of anilines is 1. The molecule has 0 saturated carbocycles. The molecule has 1 aromatic rings. The molecule has 2 heterocycles. The number of nitrogens with zero attached hydrogens (tertiary/aromatic N) is 3. The van der Waals surface area contributed by atoms with Crippen molar-refractivity contribution in [1.82, 2.24) is 9.88 Å². The summed E-state index contributed by atoms with van der Waals surface area (Å²) in [4.78, 5) is 30.1. The fourth-order valence-corrected chi connectivity index (χ4v) is 2.90. The number of methoxy groups -OCH3 is 1. The first-order valence-corrected chi connectivity index (χ1v) is 8.19. The molecule has 1 unspecified atom stereocenters. The first-order chi connectivity index (χ1) is 11.6. The smallest absolute Gasteiger partial charge is 0.339 e. The first-order valence-electron chi connectivity index (χ1n) is 8.19. The maximum atomic E-state index is 12.2. The molecule has 1 amide bonds. The molecular weight excluding hydrogens is 320 g/mol. The van der Waals surface area contributed by atoms with Gasteiger partial charge in [-0.05, 0) is 18.4 Å². The molecule has 1 atom stereocenters. The van der Waals surface area contributed by atoms with Gasteiger partial charge in [0.05, 0.1) is 30.0 Å². The van der Waals surface area contributed by atoms with Crippen molar-refractivity contribution in [3.63, 3.8) is 0 Å². The van der Waals surface area contributed by atoms with Gasteiger partial charge < -0.3 is 15.0 Å². The molecule has 7 heteroatoms. The van der Waals surface area contributed by atoms with E-state index >= 15 is 0 Å². The number of nitriles is 1. The van der Waals surface area contributed by atoms with Gasteiger partial charge in [-0.1, -0.05) is 20.8 Å². The highest BCUT2D eigenvalue weighted by Gasteiger charge is 2.32. The third-order valence-corrected chi connectivity index (χ3v) is 3.96. The Morgan fingerprint density at radius 2 is 2.20 bits per heavy atom. The number of ether oxygens (including phenoxy) is 1. The third-order valence-electron chi connectivity index (χ3n) is 3.96. The second kappa shape index (κ2) is 7.09. The van der Waals surface area contributed by atoms with Crippen LogP contribution in [0.15, 0.2) is 6.07 Å². The second-order valence-electron chi connectivity index (χ2n) is 7.50. The van der Waals surface area contributed by atoms with E-state index in [1.54, 1.807) is 6.92 Å². The predicted molar refractivity (Wildman–Crippen MR) is 93.1 cm³/mol. The Balaban J connectivity index is 2.18. The van der Waals surface area contributed by atoms with Crippen LogP contribution in [0.1, 0.15) is 48.8 Å². The number of amides is 1. The minimum absolute atomic E-state index is 0.0271. The Bertz CT molecular complexity index is 731. The number of pyridine rings is 1. The highest BCUT2D eigenvalue weighted by Crippen LogP contribution is 2.24. The summed E-state index contributed by atoms with van der Waals surface area (Å²) in [5.41, 5.74) is 1.03. The van der Waals surface area contributed by atoms with Gasteiger partial charge >= 0.3 is 5.97 Å². The number of aryl methyl sites for hydroxylation is 1. The van der Waals surface area contributed by atoms with Gasteiger partial charge in [-0.3, -0.25) is 4.79 Å². The molecule has 1 N–H and O–H groups in total. The van der Waals surface area contributed by atoms with E-state index < -0.39 is 5.97 Å². The van der Waals surface area contributed by atoms with E-state index in [1.807, 2.05) is 11.0 Å². The first kappa shape index (κ1) is 18.7. The lowest BCUT2D eigenvalue weighted by Crippen LogP contribution is -2.35. The van der Waals surface area contributed by atoms with Crippen molar-refractivity contribution in [3.05, 3.63) is 22.9 Å². The van der Waals surface area contributed by atoms with Crippen molar-refractivity contribution < 1.29 is 14.3 Å². The van der Waals surface area contributed by atoms with Gasteiger partial charge in [0.25, 0.3) is 0 Å². The summed E-state index contributed by atoms with van der Waals surface area (Å²) >= 11 is 0. The Hall–Kier alpha value is -2.62. The number of nitrogens with one attached hydrogen (secondary N) is 1. The normalized spacial score (nSPS) is 17.4. The van der Waals surface area contributed by atoms with Gasteiger partial charge in [0, 0.05) is 19.5 Å². The fraction of sp³-hybridized carbons (Fsp3) is 0.556. The third kappa shape index (κ3) is 4.47. The summed E-state index contributed by atoms with van der Waals surface area (Å²) in [6, 6.07) is 3.40. The average Bonchev–Trinajstić information content (AvgIpc) is 2.84. The highest BCUT2D eigenvalue weighted by atomic mass is 16.5. The zero-order valence-electron chi connectivity index (χ0n) is 15.3. The Labute approximate surface area is 148 Å². The second-order valence-corrected chi connectivity index (χ2v) is 7.50. The average molecular weight is 344 g/mol. The summed E-state index contributed by atoms with van der Waals surface area (Å²) in [5, 5.41) is 12.5. The number of esters is 1. The molecule has 0 bridgehead atoms. The van der Waals surface area contributed by atoms with Gasteiger partial charge in [-0.2, -0.15) is 5.26 Å². The minimum Gasteiger partial charge on any atom is -0.465 e. The van der Waals surface area contributed by atoms with Crippen LogP contribution in [0.2, 0.25) is 0 Å². The molecule has 1 fully saturated rings. The number of aromatic nitrogens is 1. The fourth-order valence-electron chi connectivity index (χ4n) is 2.90. The van der Waals surface area contributed by atoms with Crippen LogP contribution in [0.3, 0.4) is 0 Å². The number of carbonyl (C=O) groups is 2. The molecule has 0 aromatic carbocycles. The van der Waals surface area contributed by atoms with E-state index in [-0.39, 0.29) is 28.5 Å². The lowest BCUT2D eigenvalue weighted by Gasteiger charge is -2.26. The van der Waals surface area contributed by atoms with Crippen LogP contribution >= 0.6 is 0 Å². The molecule has 1 aliphatic rings. The summed E-state index contributed by atoms with van der Waals surface area (Å²) < 4.78 is 4.70.